The van der Waals surface area contributed by atoms with Crippen molar-refractivity contribution in [1.82, 2.24) is 0 Å². The Kier molecular flexibility index (Phi) is 8.03. The maximum absolute atomic E-state index is 10.7. The molecule has 1 aliphatic heterocycles. The molecule has 1 saturated heterocycles. The number of aliphatic hydroxyl groups is 2. The van der Waals surface area contributed by atoms with Crippen molar-refractivity contribution < 1.29 is 24.4 Å². The first-order chi connectivity index (χ1) is 14.5. The summed E-state index contributed by atoms with van der Waals surface area (Å²) in [6, 6.07) is 20.1. The van der Waals surface area contributed by atoms with Gasteiger partial charge in [0.25, 0.3) is 0 Å². The molecule has 30 heavy (non-hydrogen) atoms. The van der Waals surface area contributed by atoms with Gasteiger partial charge < -0.3 is 24.4 Å². The van der Waals surface area contributed by atoms with Gasteiger partial charge in [0.2, 0.25) is 0 Å². The summed E-state index contributed by atoms with van der Waals surface area (Å²) in [6.45, 7) is 5.37. The van der Waals surface area contributed by atoms with Gasteiger partial charge in [-0.1, -0.05) is 60.7 Å². The molecule has 0 bridgehead atoms. The monoisotopic (exact) mass is 414 g/mol. The average molecular weight is 415 g/mol. The smallest absolute Gasteiger partial charge is 0.0946 e. The quantitative estimate of drug-likeness (QED) is 0.578. The number of rotatable bonds is 10. The van der Waals surface area contributed by atoms with E-state index in [-0.39, 0.29) is 12.7 Å². The van der Waals surface area contributed by atoms with Crippen LogP contribution in [0.25, 0.3) is 0 Å². The maximum atomic E-state index is 10.7. The normalized spacial score (nSPS) is 29.1. The molecule has 0 aromatic heterocycles. The van der Waals surface area contributed by atoms with Gasteiger partial charge in [0, 0.05) is 32.5 Å². The first-order valence-electron chi connectivity index (χ1n) is 10.7. The Morgan fingerprint density at radius 3 is 2.10 bits per heavy atom. The number of hydrogen-bond donors (Lipinski definition) is 2. The zero-order chi connectivity index (χ0) is 21.5. The van der Waals surface area contributed by atoms with Crippen LogP contribution >= 0.6 is 0 Å². The van der Waals surface area contributed by atoms with Crippen LogP contribution in [0.15, 0.2) is 60.7 Å². The molecule has 0 amide bonds. The lowest BCUT2D eigenvalue weighted by molar-refractivity contribution is -0.281. The molecule has 1 fully saturated rings. The Labute approximate surface area is 179 Å². The lowest BCUT2D eigenvalue weighted by Gasteiger charge is -2.52. The van der Waals surface area contributed by atoms with Crippen molar-refractivity contribution in [2.75, 3.05) is 13.2 Å². The van der Waals surface area contributed by atoms with Gasteiger partial charge in [-0.2, -0.15) is 0 Å². The molecule has 2 aromatic carbocycles. The largest absolute Gasteiger partial charge is 0.396 e. The summed E-state index contributed by atoms with van der Waals surface area (Å²) >= 11 is 0. The molecule has 0 unspecified atom stereocenters. The fourth-order valence-electron chi connectivity index (χ4n) is 4.07. The molecule has 0 aliphatic carbocycles. The molecule has 2 N–H and O–H groups in total. The molecular weight excluding hydrogens is 380 g/mol. The molecule has 0 saturated carbocycles. The highest BCUT2D eigenvalue weighted by Crippen LogP contribution is 2.41. The zero-order valence-corrected chi connectivity index (χ0v) is 18.0. The summed E-state index contributed by atoms with van der Waals surface area (Å²) < 4.78 is 18.6. The van der Waals surface area contributed by atoms with E-state index < -0.39 is 17.3 Å². The number of hydrogen-bond acceptors (Lipinski definition) is 5. The molecule has 3 rings (SSSR count). The van der Waals surface area contributed by atoms with E-state index in [0.717, 1.165) is 11.1 Å². The fourth-order valence-corrected chi connectivity index (χ4v) is 4.07. The third-order valence-corrected chi connectivity index (χ3v) is 6.05. The molecule has 5 nitrogen and oxygen atoms in total. The van der Waals surface area contributed by atoms with Crippen molar-refractivity contribution >= 4 is 0 Å². The van der Waals surface area contributed by atoms with Gasteiger partial charge in [-0.05, 0) is 25.0 Å². The van der Waals surface area contributed by atoms with Crippen LogP contribution < -0.4 is 0 Å². The van der Waals surface area contributed by atoms with Crippen molar-refractivity contribution in [2.45, 2.75) is 69.7 Å². The lowest BCUT2D eigenvalue weighted by Crippen LogP contribution is -2.61. The Morgan fingerprint density at radius 2 is 1.50 bits per heavy atom. The highest BCUT2D eigenvalue weighted by Gasteiger charge is 2.51. The second kappa shape index (κ2) is 10.5. The zero-order valence-electron chi connectivity index (χ0n) is 18.0. The average Bonchev–Trinajstić information content (AvgIpc) is 2.75. The van der Waals surface area contributed by atoms with E-state index in [1.165, 1.54) is 0 Å². The number of benzene rings is 2. The first-order valence-corrected chi connectivity index (χ1v) is 10.7. The number of ether oxygens (including phenoxy) is 3. The van der Waals surface area contributed by atoms with Crippen LogP contribution in [0.4, 0.5) is 0 Å². The minimum absolute atomic E-state index is 0.0380. The predicted molar refractivity (Wildman–Crippen MR) is 116 cm³/mol. The van der Waals surface area contributed by atoms with Crippen molar-refractivity contribution in [3.05, 3.63) is 71.8 Å². The van der Waals surface area contributed by atoms with Crippen LogP contribution in [0.2, 0.25) is 0 Å². The van der Waals surface area contributed by atoms with Gasteiger partial charge in [0.05, 0.1) is 36.6 Å². The Hall–Kier alpha value is -1.76. The number of aliphatic hydroxyl groups excluding tert-OH is 2. The molecule has 0 spiro atoms. The minimum atomic E-state index is -0.810. The standard InChI is InChI=1S/C25H34O5/c1-24(13-15-26)22(27)17-23(29-19-21-11-7-4-8-12-21)25(2,30-24)14-16-28-18-20-9-5-3-6-10-20/h3-12,22-23,26-27H,13-19H2,1-2H3/t22-,23+,24+,25-/m0/s1. The van der Waals surface area contributed by atoms with E-state index in [4.69, 9.17) is 14.2 Å². The lowest BCUT2D eigenvalue weighted by atomic mass is 9.79. The van der Waals surface area contributed by atoms with E-state index in [2.05, 4.69) is 0 Å². The van der Waals surface area contributed by atoms with Crippen molar-refractivity contribution in [3.8, 4) is 0 Å². The van der Waals surface area contributed by atoms with Gasteiger partial charge in [0.15, 0.2) is 0 Å². The molecule has 0 radical (unpaired) electrons. The van der Waals surface area contributed by atoms with Crippen molar-refractivity contribution in [2.24, 2.45) is 0 Å². The molecule has 4 atom stereocenters. The maximum Gasteiger partial charge on any atom is 0.0946 e. The molecule has 1 aliphatic rings. The summed E-state index contributed by atoms with van der Waals surface area (Å²) in [5.41, 5.74) is 0.771. The first kappa shape index (κ1) is 22.9. The van der Waals surface area contributed by atoms with E-state index in [1.807, 2.05) is 74.5 Å². The fraction of sp³-hybridized carbons (Fsp3) is 0.520. The van der Waals surface area contributed by atoms with Crippen molar-refractivity contribution in [3.63, 3.8) is 0 Å². The summed E-state index contributed by atoms with van der Waals surface area (Å²) in [6.07, 6.45) is 0.481. The van der Waals surface area contributed by atoms with Crippen LogP contribution in [0.1, 0.15) is 44.2 Å². The molecular formula is C25H34O5. The van der Waals surface area contributed by atoms with Gasteiger partial charge in [-0.15, -0.1) is 0 Å². The summed E-state index contributed by atoms with van der Waals surface area (Å²) in [7, 11) is 0. The van der Waals surface area contributed by atoms with Crippen LogP contribution in [0.5, 0.6) is 0 Å². The Bertz CT molecular complexity index is 753. The second-order valence-corrected chi connectivity index (χ2v) is 8.53. The molecule has 164 valence electrons. The predicted octanol–water partition coefficient (Wildman–Crippen LogP) is 3.86. The van der Waals surface area contributed by atoms with Crippen LogP contribution in [0.3, 0.4) is 0 Å². The highest BCUT2D eigenvalue weighted by molar-refractivity contribution is 5.14. The van der Waals surface area contributed by atoms with Crippen LogP contribution in [-0.4, -0.2) is 46.8 Å². The minimum Gasteiger partial charge on any atom is -0.396 e. The Balaban J connectivity index is 1.65. The molecule has 2 aromatic rings. The third kappa shape index (κ3) is 5.90. The topological polar surface area (TPSA) is 68.2 Å². The van der Waals surface area contributed by atoms with Crippen LogP contribution in [0, 0.1) is 0 Å². The van der Waals surface area contributed by atoms with Gasteiger partial charge >= 0.3 is 0 Å². The third-order valence-electron chi connectivity index (χ3n) is 6.05. The van der Waals surface area contributed by atoms with Gasteiger partial charge in [0.1, 0.15) is 0 Å². The van der Waals surface area contributed by atoms with E-state index >= 15 is 0 Å². The SMILES string of the molecule is C[C@]1(CCO)O[C@@](C)(CCOCc2ccccc2)[C@H](OCc2ccccc2)C[C@@H]1O. The van der Waals surface area contributed by atoms with Gasteiger partial charge in [-0.3, -0.25) is 0 Å². The molecule has 5 heteroatoms. The summed E-state index contributed by atoms with van der Waals surface area (Å²) in [5, 5.41) is 20.2. The highest BCUT2D eigenvalue weighted by atomic mass is 16.6. The Morgan fingerprint density at radius 1 is 0.900 bits per heavy atom. The van der Waals surface area contributed by atoms with Crippen molar-refractivity contribution in [1.29, 1.82) is 0 Å². The van der Waals surface area contributed by atoms with E-state index in [9.17, 15) is 10.2 Å². The molecule has 1 heterocycles. The van der Waals surface area contributed by atoms with Crippen LogP contribution in [-0.2, 0) is 27.4 Å². The van der Waals surface area contributed by atoms with E-state index in [0.29, 0.717) is 39.1 Å². The van der Waals surface area contributed by atoms with Gasteiger partial charge in [-0.25, -0.2) is 0 Å². The summed E-state index contributed by atoms with van der Waals surface area (Å²) in [5.74, 6) is 0. The van der Waals surface area contributed by atoms with E-state index in [1.54, 1.807) is 0 Å². The second-order valence-electron chi connectivity index (χ2n) is 8.53. The summed E-state index contributed by atoms with van der Waals surface area (Å²) in [4.78, 5) is 0.